The van der Waals surface area contributed by atoms with Gasteiger partial charge in [0.1, 0.15) is 11.5 Å². The van der Waals surface area contributed by atoms with E-state index in [1.54, 1.807) is 17.5 Å². The molecule has 2 aromatic carbocycles. The van der Waals surface area contributed by atoms with Gasteiger partial charge in [-0.1, -0.05) is 36.3 Å². The number of carbonyl (C=O) groups excluding carboxylic acids is 1. The molecule has 1 saturated heterocycles. The number of hydrogen-bond donors (Lipinski definition) is 2. The Hall–Kier alpha value is -3.28. The monoisotopic (exact) mass is 478 g/mol. The van der Waals surface area contributed by atoms with Gasteiger partial charge in [-0.05, 0) is 48.8 Å². The second kappa shape index (κ2) is 10.6. The minimum atomic E-state index is -0.299. The summed E-state index contributed by atoms with van der Waals surface area (Å²) < 4.78 is 13.3. The molecule has 2 N–H and O–H groups in total. The zero-order chi connectivity index (χ0) is 23.2. The van der Waals surface area contributed by atoms with Crippen molar-refractivity contribution in [1.29, 1.82) is 0 Å². The number of nitrogens with zero attached hydrogens (tertiary/aromatic N) is 2. The Morgan fingerprint density at radius 3 is 2.67 bits per heavy atom. The fraction of sp³-hybridized carbons (Fsp3) is 0.240. The second-order valence-corrected chi connectivity index (χ2v) is 8.98. The van der Waals surface area contributed by atoms with Crippen LogP contribution in [0.15, 0.2) is 53.9 Å². The Morgan fingerprint density at radius 2 is 1.94 bits per heavy atom. The Labute approximate surface area is 202 Å². The van der Waals surface area contributed by atoms with Gasteiger partial charge in [-0.25, -0.2) is 9.37 Å². The second-order valence-electron chi connectivity index (χ2n) is 7.70. The highest BCUT2D eigenvalue weighted by Gasteiger charge is 2.25. The number of thiocarbonyl (C=S) groups is 1. The first-order valence-electron chi connectivity index (χ1n) is 10.6. The largest absolute Gasteiger partial charge is 0.352 e. The maximum Gasteiger partial charge on any atom is 0.275 e. The van der Waals surface area contributed by atoms with Gasteiger partial charge in [-0.15, -0.1) is 17.8 Å². The molecule has 1 fully saturated rings. The zero-order valence-electron chi connectivity index (χ0n) is 17.9. The minimum absolute atomic E-state index is 0.260. The SMILES string of the molecule is C#CCNC(=S)N1CCC(c2nc(C(=O)Nc3ccccc3-c3ccc(F)cc3)cs2)CC1. The van der Waals surface area contributed by atoms with Gasteiger partial charge in [0, 0.05) is 35.6 Å². The minimum Gasteiger partial charge on any atom is -0.352 e. The lowest BCUT2D eigenvalue weighted by Gasteiger charge is -2.32. The Kier molecular flexibility index (Phi) is 7.33. The van der Waals surface area contributed by atoms with E-state index in [2.05, 4.69) is 26.4 Å². The van der Waals surface area contributed by atoms with Gasteiger partial charge >= 0.3 is 0 Å². The summed E-state index contributed by atoms with van der Waals surface area (Å²) in [5, 5.41) is 9.47. The Balaban J connectivity index is 1.40. The number of thiazole rings is 1. The fourth-order valence-electron chi connectivity index (χ4n) is 3.81. The lowest BCUT2D eigenvalue weighted by Crippen LogP contribution is -2.44. The summed E-state index contributed by atoms with van der Waals surface area (Å²) in [7, 11) is 0. The molecule has 0 radical (unpaired) electrons. The van der Waals surface area contributed by atoms with Crippen LogP contribution in [0.25, 0.3) is 11.1 Å². The van der Waals surface area contributed by atoms with Crippen LogP contribution in [0.2, 0.25) is 0 Å². The van der Waals surface area contributed by atoms with Crippen molar-refractivity contribution in [3.05, 3.63) is 70.4 Å². The number of aromatic nitrogens is 1. The number of anilines is 1. The van der Waals surface area contributed by atoms with Crippen molar-refractivity contribution < 1.29 is 9.18 Å². The van der Waals surface area contributed by atoms with Gasteiger partial charge < -0.3 is 15.5 Å². The normalized spacial score (nSPS) is 13.9. The van der Waals surface area contributed by atoms with Crippen LogP contribution in [0.4, 0.5) is 10.1 Å². The number of hydrogen-bond acceptors (Lipinski definition) is 4. The summed E-state index contributed by atoms with van der Waals surface area (Å²) >= 11 is 6.90. The Morgan fingerprint density at radius 1 is 1.21 bits per heavy atom. The zero-order valence-corrected chi connectivity index (χ0v) is 19.5. The smallest absolute Gasteiger partial charge is 0.275 e. The van der Waals surface area contributed by atoms with Crippen LogP contribution in [0.5, 0.6) is 0 Å². The van der Waals surface area contributed by atoms with Crippen molar-refractivity contribution in [3.63, 3.8) is 0 Å². The number of terminal acetylenes is 1. The van der Waals surface area contributed by atoms with Crippen LogP contribution in [-0.4, -0.2) is 40.5 Å². The third-order valence-electron chi connectivity index (χ3n) is 5.56. The molecule has 1 aliphatic heterocycles. The molecule has 0 unspecified atom stereocenters. The van der Waals surface area contributed by atoms with Crippen molar-refractivity contribution in [2.24, 2.45) is 0 Å². The number of piperidine rings is 1. The third kappa shape index (κ3) is 5.56. The molecule has 0 bridgehead atoms. The fourth-order valence-corrected chi connectivity index (χ4v) is 5.03. The van der Waals surface area contributed by atoms with E-state index in [9.17, 15) is 9.18 Å². The molecule has 0 spiro atoms. The molecule has 1 amide bonds. The van der Waals surface area contributed by atoms with E-state index in [1.165, 1.54) is 23.5 Å². The predicted octanol–water partition coefficient (Wildman–Crippen LogP) is 4.89. The van der Waals surface area contributed by atoms with Crippen LogP contribution in [0.1, 0.15) is 34.3 Å². The highest BCUT2D eigenvalue weighted by molar-refractivity contribution is 7.80. The third-order valence-corrected chi connectivity index (χ3v) is 6.97. The molecule has 2 heterocycles. The molecule has 3 aromatic rings. The number of carbonyl (C=O) groups is 1. The van der Waals surface area contributed by atoms with E-state index in [0.29, 0.717) is 29.0 Å². The van der Waals surface area contributed by atoms with Gasteiger partial charge in [-0.2, -0.15) is 0 Å². The molecule has 0 aliphatic carbocycles. The molecule has 1 aromatic heterocycles. The average Bonchev–Trinajstić information content (AvgIpc) is 3.34. The number of rotatable bonds is 5. The molecule has 168 valence electrons. The summed E-state index contributed by atoms with van der Waals surface area (Å²) in [6.45, 7) is 2.08. The average molecular weight is 479 g/mol. The van der Waals surface area contributed by atoms with Crippen molar-refractivity contribution >= 4 is 40.3 Å². The van der Waals surface area contributed by atoms with Crippen molar-refractivity contribution in [2.45, 2.75) is 18.8 Å². The van der Waals surface area contributed by atoms with E-state index in [4.69, 9.17) is 18.6 Å². The van der Waals surface area contributed by atoms with Crippen LogP contribution >= 0.6 is 23.6 Å². The van der Waals surface area contributed by atoms with Crippen molar-refractivity contribution in [1.82, 2.24) is 15.2 Å². The van der Waals surface area contributed by atoms with Gasteiger partial charge in [-0.3, -0.25) is 4.79 Å². The van der Waals surface area contributed by atoms with E-state index in [-0.39, 0.29) is 11.7 Å². The molecule has 8 heteroatoms. The highest BCUT2D eigenvalue weighted by Crippen LogP contribution is 2.31. The number of nitrogens with one attached hydrogen (secondary N) is 2. The van der Waals surface area contributed by atoms with E-state index in [0.717, 1.165) is 42.1 Å². The summed E-state index contributed by atoms with van der Waals surface area (Å²) in [5.74, 6) is 2.27. The highest BCUT2D eigenvalue weighted by atomic mass is 32.1. The maximum absolute atomic E-state index is 13.3. The molecular formula is C25H23FN4OS2. The van der Waals surface area contributed by atoms with Crippen LogP contribution < -0.4 is 10.6 Å². The Bertz CT molecular complexity index is 1180. The van der Waals surface area contributed by atoms with E-state index in [1.807, 2.05) is 24.3 Å². The summed E-state index contributed by atoms with van der Waals surface area (Å²) in [6, 6.07) is 13.7. The van der Waals surface area contributed by atoms with Gasteiger partial charge in [0.2, 0.25) is 0 Å². The van der Waals surface area contributed by atoms with E-state index >= 15 is 0 Å². The van der Waals surface area contributed by atoms with Gasteiger partial charge in [0.05, 0.1) is 11.6 Å². The van der Waals surface area contributed by atoms with Crippen LogP contribution in [0.3, 0.4) is 0 Å². The van der Waals surface area contributed by atoms with Crippen molar-refractivity contribution in [3.8, 4) is 23.5 Å². The number of benzene rings is 2. The quantitative estimate of drug-likeness (QED) is 0.404. The predicted molar refractivity (Wildman–Crippen MR) is 135 cm³/mol. The first-order valence-corrected chi connectivity index (χ1v) is 11.9. The first kappa shape index (κ1) is 22.9. The lowest BCUT2D eigenvalue weighted by molar-refractivity contribution is 0.102. The van der Waals surface area contributed by atoms with Crippen molar-refractivity contribution in [2.75, 3.05) is 25.0 Å². The molecule has 0 atom stereocenters. The molecule has 4 rings (SSSR count). The maximum atomic E-state index is 13.3. The van der Waals surface area contributed by atoms with E-state index < -0.39 is 0 Å². The first-order chi connectivity index (χ1) is 16.0. The van der Waals surface area contributed by atoms with Gasteiger partial charge in [0.15, 0.2) is 5.11 Å². The summed E-state index contributed by atoms with van der Waals surface area (Å²) in [4.78, 5) is 19.7. The molecule has 5 nitrogen and oxygen atoms in total. The number of para-hydroxylation sites is 1. The molecule has 1 aliphatic rings. The van der Waals surface area contributed by atoms with Crippen LogP contribution in [-0.2, 0) is 0 Å². The standard InChI is InChI=1S/C25H23FN4OS2/c1-2-13-27-25(32)30-14-11-18(12-15-30)24-29-22(16-33-24)23(31)28-21-6-4-3-5-20(21)17-7-9-19(26)10-8-17/h1,3-10,16,18H,11-15H2,(H,27,32)(H,28,31). The lowest BCUT2D eigenvalue weighted by atomic mass is 9.98. The molecule has 33 heavy (non-hydrogen) atoms. The summed E-state index contributed by atoms with van der Waals surface area (Å²) in [6.07, 6.45) is 7.11. The van der Waals surface area contributed by atoms with Gasteiger partial charge in [0.25, 0.3) is 5.91 Å². The number of likely N-dealkylation sites (tertiary alicyclic amines) is 1. The topological polar surface area (TPSA) is 57.3 Å². The summed E-state index contributed by atoms with van der Waals surface area (Å²) in [5.41, 5.74) is 2.71. The number of halogens is 1. The number of amides is 1. The molecule has 0 saturated carbocycles. The molecular weight excluding hydrogens is 455 g/mol. The van der Waals surface area contributed by atoms with Crippen LogP contribution in [0, 0.1) is 18.2 Å².